The quantitative estimate of drug-likeness (QED) is 0.349. The van der Waals surface area contributed by atoms with Gasteiger partial charge in [0, 0.05) is 30.4 Å². The van der Waals surface area contributed by atoms with Crippen LogP contribution in [0, 0.1) is 15.9 Å². The average Bonchev–Trinajstić information content (AvgIpc) is 2.64. The first kappa shape index (κ1) is 18.8. The number of carbonyl (C=O) groups is 2. The molecule has 0 aromatic heterocycles. The van der Waals surface area contributed by atoms with E-state index in [4.69, 9.17) is 9.47 Å². The van der Waals surface area contributed by atoms with E-state index in [1.54, 1.807) is 0 Å². The summed E-state index contributed by atoms with van der Waals surface area (Å²) in [7, 11) is 2.82. The van der Waals surface area contributed by atoms with Crippen LogP contribution >= 0.6 is 0 Å². The number of Topliss-reactive ketones (excluding diaryl/α,β-unsaturated/α-hetero) is 1. The number of nitrogens with one attached hydrogen (secondary N) is 1. The Labute approximate surface area is 147 Å². The van der Waals surface area contributed by atoms with E-state index in [2.05, 4.69) is 5.32 Å². The maximum absolute atomic E-state index is 13.6. The summed E-state index contributed by atoms with van der Waals surface area (Å²) >= 11 is 0. The van der Waals surface area contributed by atoms with Gasteiger partial charge < -0.3 is 14.8 Å². The maximum atomic E-state index is 13.6. The predicted octanol–water partition coefficient (Wildman–Crippen LogP) is 2.82. The molecule has 2 aromatic carbocycles. The minimum atomic E-state index is -0.916. The number of methoxy groups -OCH3 is 1. The molecule has 136 valence electrons. The van der Waals surface area contributed by atoms with Gasteiger partial charge in [0.2, 0.25) is 0 Å². The third-order valence-corrected chi connectivity index (χ3v) is 3.51. The normalized spacial score (nSPS) is 10.1. The van der Waals surface area contributed by atoms with Gasteiger partial charge in [0.15, 0.2) is 24.0 Å². The number of hydrogen-bond acceptors (Lipinski definition) is 7. The smallest absolute Gasteiger partial charge is 0.340 e. The largest absolute Gasteiger partial charge is 0.494 e. The maximum Gasteiger partial charge on any atom is 0.340 e. The molecule has 8 nitrogen and oxygen atoms in total. The number of nitro benzene ring substituents is 1. The Balaban J connectivity index is 2.13. The number of rotatable bonds is 7. The molecule has 1 N–H and O–H groups in total. The van der Waals surface area contributed by atoms with Crippen LogP contribution in [0.3, 0.4) is 0 Å². The van der Waals surface area contributed by atoms with Crippen LogP contribution in [0.5, 0.6) is 5.75 Å². The third kappa shape index (κ3) is 4.12. The number of ether oxygens (including phenoxy) is 2. The predicted molar refractivity (Wildman–Crippen MR) is 90.2 cm³/mol. The molecule has 0 aliphatic rings. The molecule has 0 amide bonds. The molecule has 0 aliphatic heterocycles. The van der Waals surface area contributed by atoms with Crippen molar-refractivity contribution in [3.8, 4) is 5.75 Å². The van der Waals surface area contributed by atoms with Gasteiger partial charge in [-0.2, -0.15) is 0 Å². The molecule has 0 fully saturated rings. The van der Waals surface area contributed by atoms with Crippen LogP contribution in [0.15, 0.2) is 36.4 Å². The van der Waals surface area contributed by atoms with Crippen LogP contribution in [0.25, 0.3) is 0 Å². The molecule has 0 spiro atoms. The molecule has 0 radical (unpaired) electrons. The minimum absolute atomic E-state index is 0.00369. The zero-order valence-corrected chi connectivity index (χ0v) is 13.9. The zero-order valence-electron chi connectivity index (χ0n) is 13.9. The lowest BCUT2D eigenvalue weighted by atomic mass is 10.1. The Kier molecular flexibility index (Phi) is 5.84. The average molecular weight is 362 g/mol. The van der Waals surface area contributed by atoms with Gasteiger partial charge in [-0.3, -0.25) is 14.9 Å². The highest BCUT2D eigenvalue weighted by molar-refractivity contribution is 6.01. The summed E-state index contributed by atoms with van der Waals surface area (Å²) in [6.45, 7) is -0.642. The Hall–Kier alpha value is -3.49. The molecule has 9 heteroatoms. The molecule has 26 heavy (non-hydrogen) atoms. The Morgan fingerprint density at radius 2 is 1.96 bits per heavy atom. The lowest BCUT2D eigenvalue weighted by molar-refractivity contribution is -0.384. The number of esters is 1. The highest BCUT2D eigenvalue weighted by atomic mass is 19.1. The first-order chi connectivity index (χ1) is 12.4. The van der Waals surface area contributed by atoms with Crippen LogP contribution in [0.1, 0.15) is 20.7 Å². The van der Waals surface area contributed by atoms with E-state index >= 15 is 0 Å². The fourth-order valence-electron chi connectivity index (χ4n) is 2.16. The molecule has 0 unspecified atom stereocenters. The molecular weight excluding hydrogens is 347 g/mol. The van der Waals surface area contributed by atoms with Gasteiger partial charge >= 0.3 is 5.97 Å². The number of halogens is 1. The lowest BCUT2D eigenvalue weighted by Crippen LogP contribution is -2.16. The van der Waals surface area contributed by atoms with E-state index in [9.17, 15) is 24.1 Å². The molecule has 0 saturated heterocycles. The van der Waals surface area contributed by atoms with E-state index in [1.807, 2.05) is 0 Å². The summed E-state index contributed by atoms with van der Waals surface area (Å²) in [6.07, 6.45) is 0. The van der Waals surface area contributed by atoms with Crippen molar-refractivity contribution in [3.05, 3.63) is 63.5 Å². The van der Waals surface area contributed by atoms with Crippen molar-refractivity contribution in [3.63, 3.8) is 0 Å². The number of nitro groups is 1. The number of hydrogen-bond donors (Lipinski definition) is 1. The van der Waals surface area contributed by atoms with Crippen LogP contribution in [-0.4, -0.2) is 37.4 Å². The molecule has 0 atom stereocenters. The summed E-state index contributed by atoms with van der Waals surface area (Å²) < 4.78 is 23.3. The Morgan fingerprint density at radius 1 is 1.23 bits per heavy atom. The number of benzene rings is 2. The van der Waals surface area contributed by atoms with Gasteiger partial charge in [-0.15, -0.1) is 0 Å². The van der Waals surface area contributed by atoms with Crippen molar-refractivity contribution < 1.29 is 28.4 Å². The van der Waals surface area contributed by atoms with Crippen molar-refractivity contribution in [2.24, 2.45) is 0 Å². The SMILES string of the molecule is CNc1ccc([N+](=O)[O-])cc1C(=O)OCC(=O)c1ccc(OC)c(F)c1. The molecule has 0 aliphatic carbocycles. The van der Waals surface area contributed by atoms with Crippen molar-refractivity contribution >= 4 is 23.1 Å². The molecule has 0 saturated carbocycles. The summed E-state index contributed by atoms with van der Waals surface area (Å²) in [5.74, 6) is -2.29. The molecule has 0 heterocycles. The number of non-ortho nitro benzene ring substituents is 1. The monoisotopic (exact) mass is 362 g/mol. The van der Waals surface area contributed by atoms with Crippen molar-refractivity contribution in [2.75, 3.05) is 26.1 Å². The Bertz CT molecular complexity index is 868. The second-order valence-electron chi connectivity index (χ2n) is 5.09. The first-order valence-corrected chi connectivity index (χ1v) is 7.37. The molecule has 2 aromatic rings. The fourth-order valence-corrected chi connectivity index (χ4v) is 2.16. The highest BCUT2D eigenvalue weighted by Gasteiger charge is 2.19. The molecular formula is C17H15FN2O6. The second kappa shape index (κ2) is 8.06. The van der Waals surface area contributed by atoms with E-state index in [1.165, 1.54) is 38.4 Å². The van der Waals surface area contributed by atoms with Gasteiger partial charge in [0.1, 0.15) is 0 Å². The fraction of sp³-hybridized carbons (Fsp3) is 0.176. The van der Waals surface area contributed by atoms with Crippen LogP contribution in [0.2, 0.25) is 0 Å². The number of anilines is 1. The minimum Gasteiger partial charge on any atom is -0.494 e. The van der Waals surface area contributed by atoms with Crippen LogP contribution in [0.4, 0.5) is 15.8 Å². The lowest BCUT2D eigenvalue weighted by Gasteiger charge is -2.09. The van der Waals surface area contributed by atoms with Crippen LogP contribution < -0.4 is 10.1 Å². The highest BCUT2D eigenvalue weighted by Crippen LogP contribution is 2.23. The van der Waals surface area contributed by atoms with Crippen LogP contribution in [-0.2, 0) is 4.74 Å². The Morgan fingerprint density at radius 3 is 2.54 bits per heavy atom. The summed E-state index contributed by atoms with van der Waals surface area (Å²) in [5, 5.41) is 13.6. The van der Waals surface area contributed by atoms with Crippen molar-refractivity contribution in [2.45, 2.75) is 0 Å². The van der Waals surface area contributed by atoms with E-state index in [0.717, 1.165) is 12.1 Å². The molecule has 0 bridgehead atoms. The summed E-state index contributed by atoms with van der Waals surface area (Å²) in [4.78, 5) is 34.4. The van der Waals surface area contributed by atoms with E-state index in [-0.39, 0.29) is 22.6 Å². The van der Waals surface area contributed by atoms with Gasteiger partial charge in [0.25, 0.3) is 5.69 Å². The number of ketones is 1. The zero-order chi connectivity index (χ0) is 19.3. The van der Waals surface area contributed by atoms with Crippen molar-refractivity contribution in [1.82, 2.24) is 0 Å². The van der Waals surface area contributed by atoms with Gasteiger partial charge in [0.05, 0.1) is 17.6 Å². The van der Waals surface area contributed by atoms with Gasteiger partial charge in [-0.05, 0) is 24.3 Å². The van der Waals surface area contributed by atoms with Crippen molar-refractivity contribution in [1.29, 1.82) is 0 Å². The topological polar surface area (TPSA) is 108 Å². The second-order valence-corrected chi connectivity index (χ2v) is 5.09. The number of nitrogens with zero attached hydrogens (tertiary/aromatic N) is 1. The summed E-state index contributed by atoms with van der Waals surface area (Å²) in [5.41, 5.74) is -0.0672. The van der Waals surface area contributed by atoms with Gasteiger partial charge in [-0.1, -0.05) is 0 Å². The van der Waals surface area contributed by atoms with E-state index in [0.29, 0.717) is 5.69 Å². The third-order valence-electron chi connectivity index (χ3n) is 3.51. The molecule has 2 rings (SSSR count). The first-order valence-electron chi connectivity index (χ1n) is 7.37. The van der Waals surface area contributed by atoms with E-state index < -0.39 is 29.1 Å². The summed E-state index contributed by atoms with van der Waals surface area (Å²) in [6, 6.07) is 7.23. The standard InChI is InChI=1S/C17H15FN2O6/c1-19-14-5-4-11(20(23)24)8-12(14)17(22)26-9-15(21)10-3-6-16(25-2)13(18)7-10/h3-8,19H,9H2,1-2H3. The number of carbonyl (C=O) groups excluding carboxylic acids is 2. The van der Waals surface area contributed by atoms with Gasteiger partial charge in [-0.25, -0.2) is 9.18 Å².